The van der Waals surface area contributed by atoms with Crippen molar-refractivity contribution in [2.75, 3.05) is 6.61 Å². The molecule has 0 rings (SSSR count). The summed E-state index contributed by atoms with van der Waals surface area (Å²) in [6.45, 7) is 2.47. The molecule has 0 fully saturated rings. The van der Waals surface area contributed by atoms with E-state index >= 15 is 0 Å². The number of esters is 1. The van der Waals surface area contributed by atoms with Crippen LogP contribution >= 0.6 is 0 Å². The third-order valence-corrected chi connectivity index (χ3v) is 2.20. The number of rotatable bonds is 8. The Kier molecular flexibility index (Phi) is 9.09. The molecule has 0 atom stereocenters. The minimum atomic E-state index is -0.751. The van der Waals surface area contributed by atoms with E-state index in [0.29, 0.717) is 12.9 Å². The Morgan fingerprint density at radius 1 is 1.31 bits per heavy atom. The monoisotopic (exact) mass is 225 g/mol. The molecule has 16 heavy (non-hydrogen) atoms. The highest BCUT2D eigenvalue weighted by Crippen LogP contribution is 2.05. The van der Waals surface area contributed by atoms with Crippen LogP contribution < -0.4 is 0 Å². The van der Waals surface area contributed by atoms with Gasteiger partial charge in [0.2, 0.25) is 0 Å². The van der Waals surface area contributed by atoms with E-state index in [4.69, 9.17) is 15.1 Å². The summed E-state index contributed by atoms with van der Waals surface area (Å²) in [6, 6.07) is 1.56. The third-order valence-electron chi connectivity index (χ3n) is 2.20. The van der Waals surface area contributed by atoms with Crippen molar-refractivity contribution in [1.29, 1.82) is 5.26 Å². The topological polar surface area (TPSA) is 70.3 Å². The quantitative estimate of drug-likeness (QED) is 0.227. The lowest BCUT2D eigenvalue weighted by atomic mass is 10.1. The van der Waals surface area contributed by atoms with Crippen molar-refractivity contribution in [2.45, 2.75) is 45.4 Å². The smallest absolute Gasteiger partial charge is 0.352 e. The zero-order valence-electron chi connectivity index (χ0n) is 9.74. The van der Waals surface area contributed by atoms with Crippen LogP contribution in [0.25, 0.3) is 0 Å². The maximum atomic E-state index is 11.1. The molecule has 0 aliphatic heterocycles. The zero-order chi connectivity index (χ0) is 12.2. The summed E-state index contributed by atoms with van der Waals surface area (Å²) in [5.74, 6) is -0.751. The molecule has 0 heterocycles. The van der Waals surface area contributed by atoms with Crippen molar-refractivity contribution in [3.8, 4) is 6.07 Å². The molecule has 1 N–H and O–H groups in total. The highest BCUT2D eigenvalue weighted by molar-refractivity contribution is 5.92. The number of hydrogen-bond acceptors (Lipinski definition) is 4. The first-order valence-electron chi connectivity index (χ1n) is 5.67. The van der Waals surface area contributed by atoms with Gasteiger partial charge in [-0.1, -0.05) is 39.0 Å². The van der Waals surface area contributed by atoms with Crippen molar-refractivity contribution in [1.82, 2.24) is 0 Å². The summed E-state index contributed by atoms with van der Waals surface area (Å²) in [5.41, 5.74) is -0.356. The van der Waals surface area contributed by atoms with E-state index in [1.165, 1.54) is 19.3 Å². The molecule has 0 saturated carbocycles. The number of carbonyl (C=O) groups excluding carboxylic acids is 1. The second-order valence-electron chi connectivity index (χ2n) is 3.56. The van der Waals surface area contributed by atoms with Crippen molar-refractivity contribution >= 4 is 5.97 Å². The molecule has 0 saturated heterocycles. The summed E-state index contributed by atoms with van der Waals surface area (Å²) in [6.07, 6.45) is 7.12. The van der Waals surface area contributed by atoms with Gasteiger partial charge < -0.3 is 9.84 Å². The van der Waals surface area contributed by atoms with Crippen molar-refractivity contribution < 1.29 is 14.6 Å². The standard InChI is InChI=1S/C12H19NO3/c1-2-3-4-5-6-7-8-16-12(15)11(9-13)10-14/h10,14H,2-8H2,1H3/b11-10+. The highest BCUT2D eigenvalue weighted by atomic mass is 16.5. The van der Waals surface area contributed by atoms with Gasteiger partial charge in [-0.2, -0.15) is 5.26 Å². The van der Waals surface area contributed by atoms with E-state index in [2.05, 4.69) is 6.92 Å². The molecule has 0 aromatic heterocycles. The van der Waals surface area contributed by atoms with E-state index in [0.717, 1.165) is 19.3 Å². The van der Waals surface area contributed by atoms with Gasteiger partial charge in [0.25, 0.3) is 0 Å². The van der Waals surface area contributed by atoms with Gasteiger partial charge in [0, 0.05) is 0 Å². The Bertz CT molecular complexity index is 266. The molecule has 90 valence electrons. The fourth-order valence-corrected chi connectivity index (χ4v) is 1.25. The van der Waals surface area contributed by atoms with Crippen LogP contribution in [0.15, 0.2) is 11.8 Å². The van der Waals surface area contributed by atoms with Gasteiger partial charge in [-0.3, -0.25) is 0 Å². The Morgan fingerprint density at radius 2 is 1.94 bits per heavy atom. The van der Waals surface area contributed by atoms with Gasteiger partial charge in [-0.25, -0.2) is 4.79 Å². The van der Waals surface area contributed by atoms with Gasteiger partial charge in [0.05, 0.1) is 6.61 Å². The largest absolute Gasteiger partial charge is 0.514 e. The van der Waals surface area contributed by atoms with Gasteiger partial charge >= 0.3 is 5.97 Å². The van der Waals surface area contributed by atoms with Gasteiger partial charge in [-0.05, 0) is 6.42 Å². The van der Waals surface area contributed by atoms with Gasteiger partial charge in [0.1, 0.15) is 12.3 Å². The fraction of sp³-hybridized carbons (Fsp3) is 0.667. The van der Waals surface area contributed by atoms with E-state index < -0.39 is 5.97 Å². The van der Waals surface area contributed by atoms with E-state index in [9.17, 15) is 4.79 Å². The molecule has 0 radical (unpaired) electrons. The maximum Gasteiger partial charge on any atom is 0.352 e. The summed E-state index contributed by atoms with van der Waals surface area (Å²) in [5, 5.41) is 16.9. The highest BCUT2D eigenvalue weighted by Gasteiger charge is 2.09. The predicted octanol–water partition coefficient (Wildman–Crippen LogP) is 2.86. The molecule has 0 unspecified atom stereocenters. The summed E-state index contributed by atoms with van der Waals surface area (Å²) < 4.78 is 4.80. The minimum Gasteiger partial charge on any atom is -0.514 e. The van der Waals surface area contributed by atoms with Crippen LogP contribution in [-0.2, 0) is 9.53 Å². The first kappa shape index (κ1) is 14.5. The Balaban J connectivity index is 3.46. The number of carbonyl (C=O) groups is 1. The van der Waals surface area contributed by atoms with E-state index in [1.54, 1.807) is 6.07 Å². The van der Waals surface area contributed by atoms with Crippen LogP contribution in [0.1, 0.15) is 45.4 Å². The molecule has 0 amide bonds. The number of aliphatic hydroxyl groups is 1. The third kappa shape index (κ3) is 6.88. The molecule has 4 heteroatoms. The number of nitriles is 1. The molecular formula is C12H19NO3. The average molecular weight is 225 g/mol. The zero-order valence-corrected chi connectivity index (χ0v) is 9.74. The number of aliphatic hydroxyl groups excluding tert-OH is 1. The first-order valence-corrected chi connectivity index (χ1v) is 5.67. The summed E-state index contributed by atoms with van der Waals surface area (Å²) in [4.78, 5) is 11.1. The van der Waals surface area contributed by atoms with Crippen LogP contribution in [0, 0.1) is 11.3 Å². The lowest BCUT2D eigenvalue weighted by Gasteiger charge is -2.03. The van der Waals surface area contributed by atoms with E-state index in [1.807, 2.05) is 0 Å². The van der Waals surface area contributed by atoms with Crippen molar-refractivity contribution in [3.63, 3.8) is 0 Å². The number of ether oxygens (including phenoxy) is 1. The summed E-state index contributed by atoms with van der Waals surface area (Å²) >= 11 is 0. The Labute approximate surface area is 96.5 Å². The maximum absolute atomic E-state index is 11.1. The van der Waals surface area contributed by atoms with Crippen LogP contribution in [0.2, 0.25) is 0 Å². The molecule has 0 aromatic carbocycles. The molecule has 0 aromatic rings. The molecule has 0 bridgehead atoms. The van der Waals surface area contributed by atoms with Crippen LogP contribution in [0.3, 0.4) is 0 Å². The van der Waals surface area contributed by atoms with E-state index in [-0.39, 0.29) is 5.57 Å². The van der Waals surface area contributed by atoms with Gasteiger partial charge in [-0.15, -0.1) is 0 Å². The average Bonchev–Trinajstić information content (AvgIpc) is 2.29. The lowest BCUT2D eigenvalue weighted by Crippen LogP contribution is -2.08. The number of hydrogen-bond donors (Lipinski definition) is 1. The normalized spacial score (nSPS) is 10.9. The first-order chi connectivity index (χ1) is 7.76. The Hall–Kier alpha value is -1.50. The Morgan fingerprint density at radius 3 is 2.50 bits per heavy atom. The molecule has 0 aliphatic rings. The molecular weight excluding hydrogens is 206 g/mol. The van der Waals surface area contributed by atoms with Crippen molar-refractivity contribution in [2.24, 2.45) is 0 Å². The lowest BCUT2D eigenvalue weighted by molar-refractivity contribution is -0.138. The van der Waals surface area contributed by atoms with Crippen molar-refractivity contribution in [3.05, 3.63) is 11.8 Å². The van der Waals surface area contributed by atoms with Crippen LogP contribution in [0.4, 0.5) is 0 Å². The number of unbranched alkanes of at least 4 members (excludes halogenated alkanes) is 5. The SMILES string of the molecule is CCCCCCCCOC(=O)/C(C#N)=C/O. The van der Waals surface area contributed by atoms with Gasteiger partial charge in [0.15, 0.2) is 5.57 Å². The van der Waals surface area contributed by atoms with Crippen LogP contribution in [0.5, 0.6) is 0 Å². The fourth-order valence-electron chi connectivity index (χ4n) is 1.25. The number of nitrogens with zero attached hydrogens (tertiary/aromatic N) is 1. The summed E-state index contributed by atoms with van der Waals surface area (Å²) in [7, 11) is 0. The minimum absolute atomic E-state index is 0.310. The molecule has 0 spiro atoms. The van der Waals surface area contributed by atoms with Crippen LogP contribution in [-0.4, -0.2) is 17.7 Å². The predicted molar refractivity (Wildman–Crippen MR) is 60.7 cm³/mol. The second-order valence-corrected chi connectivity index (χ2v) is 3.56. The molecule has 4 nitrogen and oxygen atoms in total. The molecule has 0 aliphatic carbocycles. The second kappa shape index (κ2) is 10.0.